The number of methoxy groups -OCH3 is 1. The highest BCUT2D eigenvalue weighted by atomic mass is 31.2. The van der Waals surface area contributed by atoms with Crippen LogP contribution in [-0.4, -0.2) is 20.3 Å². The van der Waals surface area contributed by atoms with Crippen molar-refractivity contribution in [3.05, 3.63) is 29.6 Å². The number of hydrogen-bond acceptors (Lipinski definition) is 4. The first-order valence-electron chi connectivity index (χ1n) is 5.75. The van der Waals surface area contributed by atoms with Gasteiger partial charge in [0.25, 0.3) is 0 Å². The topological polar surface area (TPSA) is 44.8 Å². The van der Waals surface area contributed by atoms with Gasteiger partial charge in [0.1, 0.15) is 11.6 Å². The third-order valence-electron chi connectivity index (χ3n) is 2.26. The Morgan fingerprint density at radius 3 is 2.33 bits per heavy atom. The maximum Gasteiger partial charge on any atom is 0.335 e. The van der Waals surface area contributed by atoms with E-state index in [2.05, 4.69) is 0 Å². The van der Waals surface area contributed by atoms with Gasteiger partial charge in [0.2, 0.25) is 0 Å². The molecule has 0 N–H and O–H groups in total. The summed E-state index contributed by atoms with van der Waals surface area (Å²) in [7, 11) is -1.77. The number of halogens is 1. The highest BCUT2D eigenvalue weighted by molar-refractivity contribution is 7.53. The van der Waals surface area contributed by atoms with Crippen molar-refractivity contribution in [2.45, 2.75) is 20.0 Å². The highest BCUT2D eigenvalue weighted by Gasteiger charge is 2.26. The van der Waals surface area contributed by atoms with Crippen LogP contribution in [0.1, 0.15) is 19.4 Å². The van der Waals surface area contributed by atoms with Crippen molar-refractivity contribution in [3.8, 4) is 5.75 Å². The summed E-state index contributed by atoms with van der Waals surface area (Å²) < 4.78 is 41.0. The van der Waals surface area contributed by atoms with E-state index in [0.717, 1.165) is 0 Å². The molecule has 0 bridgehead atoms. The van der Waals surface area contributed by atoms with Crippen molar-refractivity contribution < 1.29 is 22.7 Å². The molecule has 6 heteroatoms. The Hall–Kier alpha value is -0.900. The number of benzene rings is 1. The minimum absolute atomic E-state index is 0.00435. The summed E-state index contributed by atoms with van der Waals surface area (Å²) in [5.41, 5.74) is 0.475. The van der Waals surface area contributed by atoms with E-state index in [-0.39, 0.29) is 19.4 Å². The second kappa shape index (κ2) is 6.88. The quantitative estimate of drug-likeness (QED) is 0.714. The number of hydrogen-bond donors (Lipinski definition) is 0. The molecule has 0 aliphatic carbocycles. The summed E-state index contributed by atoms with van der Waals surface area (Å²) >= 11 is 0. The maximum atomic E-state index is 13.2. The van der Waals surface area contributed by atoms with Gasteiger partial charge in [-0.25, -0.2) is 4.39 Å². The van der Waals surface area contributed by atoms with Crippen molar-refractivity contribution in [2.24, 2.45) is 0 Å². The van der Waals surface area contributed by atoms with Gasteiger partial charge in [-0.15, -0.1) is 0 Å². The molecule has 0 aliphatic rings. The zero-order valence-electron chi connectivity index (χ0n) is 10.8. The average Bonchev–Trinajstić information content (AvgIpc) is 2.29. The van der Waals surface area contributed by atoms with E-state index in [1.54, 1.807) is 13.8 Å². The molecule has 0 heterocycles. The Bertz CT molecular complexity index is 426. The van der Waals surface area contributed by atoms with Gasteiger partial charge in [0, 0.05) is 5.56 Å². The molecule has 102 valence electrons. The second-order valence-corrected chi connectivity index (χ2v) is 5.62. The molecule has 0 spiro atoms. The lowest BCUT2D eigenvalue weighted by Gasteiger charge is -2.18. The van der Waals surface area contributed by atoms with Crippen LogP contribution in [0.15, 0.2) is 18.2 Å². The molecule has 0 fully saturated rings. The Morgan fingerprint density at radius 2 is 1.83 bits per heavy atom. The number of ether oxygens (including phenoxy) is 1. The van der Waals surface area contributed by atoms with Crippen molar-refractivity contribution >= 4 is 7.60 Å². The van der Waals surface area contributed by atoms with Crippen LogP contribution in [0, 0.1) is 5.82 Å². The zero-order valence-corrected chi connectivity index (χ0v) is 11.7. The van der Waals surface area contributed by atoms with Crippen molar-refractivity contribution in [1.82, 2.24) is 0 Å². The van der Waals surface area contributed by atoms with Crippen LogP contribution < -0.4 is 4.74 Å². The summed E-state index contributed by atoms with van der Waals surface area (Å²) in [6, 6.07) is 4.06. The molecule has 0 radical (unpaired) electrons. The fourth-order valence-corrected chi connectivity index (χ4v) is 3.31. The van der Waals surface area contributed by atoms with Gasteiger partial charge in [0.15, 0.2) is 0 Å². The van der Waals surface area contributed by atoms with E-state index < -0.39 is 13.4 Å². The minimum atomic E-state index is -3.25. The highest BCUT2D eigenvalue weighted by Crippen LogP contribution is 2.52. The molecule has 0 saturated carbocycles. The fourth-order valence-electron chi connectivity index (χ4n) is 1.60. The van der Waals surface area contributed by atoms with Gasteiger partial charge in [-0.05, 0) is 32.0 Å². The summed E-state index contributed by atoms with van der Waals surface area (Å²) in [5.74, 6) is 0.0568. The van der Waals surface area contributed by atoms with E-state index in [1.165, 1.54) is 25.3 Å². The lowest BCUT2D eigenvalue weighted by atomic mass is 10.2. The third-order valence-corrected chi connectivity index (χ3v) is 4.29. The maximum absolute atomic E-state index is 13.2. The standard InChI is InChI=1S/C12H18FO4P/c1-4-16-18(14,17-5-2)9-10-8-11(13)6-7-12(10)15-3/h6-8H,4-5,9H2,1-3H3. The van der Waals surface area contributed by atoms with Crippen LogP contribution >= 0.6 is 7.60 Å². The van der Waals surface area contributed by atoms with Gasteiger partial charge in [-0.1, -0.05) is 0 Å². The fraction of sp³-hybridized carbons (Fsp3) is 0.500. The molecule has 1 rings (SSSR count). The van der Waals surface area contributed by atoms with Gasteiger partial charge in [-0.3, -0.25) is 4.57 Å². The molecule has 4 nitrogen and oxygen atoms in total. The SMILES string of the molecule is CCOP(=O)(Cc1cc(F)ccc1OC)OCC. The molecule has 0 aromatic heterocycles. The summed E-state index contributed by atoms with van der Waals surface area (Å²) in [6.07, 6.45) is -0.00435. The minimum Gasteiger partial charge on any atom is -0.496 e. The predicted molar refractivity (Wildman–Crippen MR) is 67.5 cm³/mol. The van der Waals surface area contributed by atoms with Crippen molar-refractivity contribution in [2.75, 3.05) is 20.3 Å². The summed E-state index contributed by atoms with van der Waals surface area (Å²) in [6.45, 7) is 4.01. The van der Waals surface area contributed by atoms with E-state index in [1.807, 2.05) is 0 Å². The molecular formula is C12H18FO4P. The molecule has 0 amide bonds. The smallest absolute Gasteiger partial charge is 0.335 e. The Kier molecular flexibility index (Phi) is 5.79. The van der Waals surface area contributed by atoms with Crippen molar-refractivity contribution in [1.29, 1.82) is 0 Å². The van der Waals surface area contributed by atoms with Crippen LogP contribution in [0.2, 0.25) is 0 Å². The van der Waals surface area contributed by atoms with E-state index >= 15 is 0 Å². The number of rotatable bonds is 7. The van der Waals surface area contributed by atoms with Gasteiger partial charge in [-0.2, -0.15) is 0 Å². The first-order chi connectivity index (χ1) is 8.54. The monoisotopic (exact) mass is 276 g/mol. The van der Waals surface area contributed by atoms with Crippen LogP contribution in [0.4, 0.5) is 4.39 Å². The Morgan fingerprint density at radius 1 is 1.22 bits per heavy atom. The Labute approximate surface area is 107 Å². The molecule has 18 heavy (non-hydrogen) atoms. The predicted octanol–water partition coefficient (Wildman–Crippen LogP) is 3.60. The molecular weight excluding hydrogens is 258 g/mol. The second-order valence-electron chi connectivity index (χ2n) is 3.56. The third kappa shape index (κ3) is 4.09. The molecule has 0 aliphatic heterocycles. The lowest BCUT2D eigenvalue weighted by molar-refractivity contribution is 0.219. The van der Waals surface area contributed by atoms with Gasteiger partial charge in [0.05, 0.1) is 26.5 Å². The zero-order chi connectivity index (χ0) is 13.6. The lowest BCUT2D eigenvalue weighted by Crippen LogP contribution is -2.01. The first-order valence-corrected chi connectivity index (χ1v) is 7.48. The van der Waals surface area contributed by atoms with E-state index in [9.17, 15) is 8.96 Å². The normalized spacial score (nSPS) is 11.6. The van der Waals surface area contributed by atoms with E-state index in [0.29, 0.717) is 11.3 Å². The van der Waals surface area contributed by atoms with Crippen molar-refractivity contribution in [3.63, 3.8) is 0 Å². The molecule has 0 saturated heterocycles. The average molecular weight is 276 g/mol. The van der Waals surface area contributed by atoms with Crippen LogP contribution in [0.3, 0.4) is 0 Å². The molecule has 0 unspecified atom stereocenters. The van der Waals surface area contributed by atoms with Gasteiger partial charge < -0.3 is 13.8 Å². The summed E-state index contributed by atoms with van der Waals surface area (Å²) in [4.78, 5) is 0. The largest absolute Gasteiger partial charge is 0.496 e. The Balaban J connectivity index is 2.99. The van der Waals surface area contributed by atoms with Crippen LogP contribution in [0.25, 0.3) is 0 Å². The summed E-state index contributed by atoms with van der Waals surface area (Å²) in [5, 5.41) is 0. The van der Waals surface area contributed by atoms with E-state index in [4.69, 9.17) is 13.8 Å². The first kappa shape index (κ1) is 15.2. The molecule has 1 aromatic rings. The van der Waals surface area contributed by atoms with Crippen LogP contribution in [0.5, 0.6) is 5.75 Å². The van der Waals surface area contributed by atoms with Crippen LogP contribution in [-0.2, 0) is 19.8 Å². The molecule has 1 aromatic carbocycles. The van der Waals surface area contributed by atoms with Gasteiger partial charge >= 0.3 is 7.60 Å². The molecule has 0 atom stereocenters.